The fraction of sp³-hybridized carbons (Fsp3) is 0.333. The van der Waals surface area contributed by atoms with Crippen LogP contribution in [0.2, 0.25) is 0 Å². The normalized spacial score (nSPS) is 17.0. The van der Waals surface area contributed by atoms with Gasteiger partial charge in [0, 0.05) is 25.5 Å². The Labute approximate surface area is 134 Å². The summed E-state index contributed by atoms with van der Waals surface area (Å²) >= 11 is 0. The van der Waals surface area contributed by atoms with E-state index >= 15 is 0 Å². The second-order valence-electron chi connectivity index (χ2n) is 5.87. The first-order chi connectivity index (χ1) is 11.1. The SMILES string of the molecule is O=C(c1cccnc1)N1CCC(C(O)c2ccc(F)cc2)CC1. The molecule has 0 aliphatic carbocycles. The summed E-state index contributed by atoms with van der Waals surface area (Å²) in [6, 6.07) is 9.46. The number of halogens is 1. The van der Waals surface area contributed by atoms with Crippen LogP contribution in [0.1, 0.15) is 34.9 Å². The number of hydrogen-bond donors (Lipinski definition) is 1. The number of pyridine rings is 1. The maximum absolute atomic E-state index is 13.0. The lowest BCUT2D eigenvalue weighted by Crippen LogP contribution is -2.39. The molecule has 0 radical (unpaired) electrons. The second-order valence-corrected chi connectivity index (χ2v) is 5.87. The summed E-state index contributed by atoms with van der Waals surface area (Å²) in [6.45, 7) is 1.22. The number of aromatic nitrogens is 1. The Morgan fingerprint density at radius 2 is 1.91 bits per heavy atom. The van der Waals surface area contributed by atoms with Crippen molar-refractivity contribution in [1.82, 2.24) is 9.88 Å². The second kappa shape index (κ2) is 6.87. The molecule has 4 nitrogen and oxygen atoms in total. The lowest BCUT2D eigenvalue weighted by Gasteiger charge is -2.34. The molecule has 2 heterocycles. The first kappa shape index (κ1) is 15.6. The van der Waals surface area contributed by atoms with Crippen LogP contribution in [-0.4, -0.2) is 34.0 Å². The maximum Gasteiger partial charge on any atom is 0.255 e. The van der Waals surface area contributed by atoms with E-state index in [0.29, 0.717) is 18.7 Å². The van der Waals surface area contributed by atoms with Crippen LogP contribution in [-0.2, 0) is 0 Å². The van der Waals surface area contributed by atoms with Crippen molar-refractivity contribution in [2.45, 2.75) is 18.9 Å². The zero-order valence-electron chi connectivity index (χ0n) is 12.7. The first-order valence-corrected chi connectivity index (χ1v) is 7.78. The van der Waals surface area contributed by atoms with Crippen LogP contribution in [0, 0.1) is 11.7 Å². The zero-order valence-corrected chi connectivity index (χ0v) is 12.7. The highest BCUT2D eigenvalue weighted by atomic mass is 19.1. The van der Waals surface area contributed by atoms with Crippen LogP contribution in [0.15, 0.2) is 48.8 Å². The van der Waals surface area contributed by atoms with Crippen molar-refractivity contribution in [2.75, 3.05) is 13.1 Å². The van der Waals surface area contributed by atoms with Crippen molar-refractivity contribution < 1.29 is 14.3 Å². The van der Waals surface area contributed by atoms with Crippen molar-refractivity contribution in [2.24, 2.45) is 5.92 Å². The van der Waals surface area contributed by atoms with Crippen LogP contribution in [0.4, 0.5) is 4.39 Å². The lowest BCUT2D eigenvalue weighted by molar-refractivity contribution is 0.0462. The predicted octanol–water partition coefficient (Wildman–Crippen LogP) is 2.81. The first-order valence-electron chi connectivity index (χ1n) is 7.78. The van der Waals surface area contributed by atoms with Gasteiger partial charge in [-0.3, -0.25) is 9.78 Å². The smallest absolute Gasteiger partial charge is 0.255 e. The number of piperidine rings is 1. The summed E-state index contributed by atoms with van der Waals surface area (Å²) in [7, 11) is 0. The molecule has 0 spiro atoms. The van der Waals surface area contributed by atoms with Crippen molar-refractivity contribution in [3.05, 3.63) is 65.7 Å². The van der Waals surface area contributed by atoms with E-state index in [4.69, 9.17) is 0 Å². The van der Waals surface area contributed by atoms with Gasteiger partial charge in [0.2, 0.25) is 0 Å². The summed E-state index contributed by atoms with van der Waals surface area (Å²) < 4.78 is 13.0. The molecule has 1 unspecified atom stereocenters. The fourth-order valence-corrected chi connectivity index (χ4v) is 3.02. The molecule has 0 saturated carbocycles. The number of aliphatic hydroxyl groups excluding tert-OH is 1. The van der Waals surface area contributed by atoms with Gasteiger partial charge < -0.3 is 10.0 Å². The third-order valence-electron chi connectivity index (χ3n) is 4.39. The van der Waals surface area contributed by atoms with Crippen LogP contribution in [0.25, 0.3) is 0 Å². The Balaban J connectivity index is 1.60. The van der Waals surface area contributed by atoms with E-state index in [1.807, 2.05) is 0 Å². The van der Waals surface area contributed by atoms with Gasteiger partial charge >= 0.3 is 0 Å². The molecule has 2 aromatic rings. The molecule has 1 fully saturated rings. The van der Waals surface area contributed by atoms with Gasteiger partial charge in [-0.2, -0.15) is 0 Å². The molecule has 0 bridgehead atoms. The minimum Gasteiger partial charge on any atom is -0.388 e. The topological polar surface area (TPSA) is 53.4 Å². The third kappa shape index (κ3) is 3.56. The molecular formula is C18H19FN2O2. The number of benzene rings is 1. The maximum atomic E-state index is 13.0. The molecule has 1 saturated heterocycles. The molecule has 3 rings (SSSR count). The Hall–Kier alpha value is -2.27. The van der Waals surface area contributed by atoms with E-state index in [1.165, 1.54) is 12.1 Å². The Morgan fingerprint density at radius 1 is 1.22 bits per heavy atom. The van der Waals surface area contributed by atoms with E-state index in [0.717, 1.165) is 18.4 Å². The van der Waals surface area contributed by atoms with Crippen LogP contribution >= 0.6 is 0 Å². The van der Waals surface area contributed by atoms with Crippen molar-refractivity contribution in [1.29, 1.82) is 0 Å². The predicted molar refractivity (Wildman–Crippen MR) is 84.2 cm³/mol. The molecule has 1 aliphatic heterocycles. The number of rotatable bonds is 3. The molecular weight excluding hydrogens is 295 g/mol. The van der Waals surface area contributed by atoms with Crippen molar-refractivity contribution in [3.63, 3.8) is 0 Å². The van der Waals surface area contributed by atoms with Crippen LogP contribution in [0.3, 0.4) is 0 Å². The van der Waals surface area contributed by atoms with E-state index in [2.05, 4.69) is 4.98 Å². The summed E-state index contributed by atoms with van der Waals surface area (Å²) in [6.07, 6.45) is 4.05. The average molecular weight is 314 g/mol. The number of likely N-dealkylation sites (tertiary alicyclic amines) is 1. The van der Waals surface area contributed by atoms with Gasteiger partial charge in [-0.05, 0) is 48.6 Å². The van der Waals surface area contributed by atoms with Gasteiger partial charge in [0.15, 0.2) is 0 Å². The third-order valence-corrected chi connectivity index (χ3v) is 4.39. The zero-order chi connectivity index (χ0) is 16.2. The highest BCUT2D eigenvalue weighted by Gasteiger charge is 2.28. The van der Waals surface area contributed by atoms with Gasteiger partial charge in [0.1, 0.15) is 5.82 Å². The monoisotopic (exact) mass is 314 g/mol. The molecule has 23 heavy (non-hydrogen) atoms. The quantitative estimate of drug-likeness (QED) is 0.948. The van der Waals surface area contributed by atoms with Gasteiger partial charge in [0.25, 0.3) is 5.91 Å². The summed E-state index contributed by atoms with van der Waals surface area (Å²) in [4.78, 5) is 18.1. The number of carbonyl (C=O) groups is 1. The summed E-state index contributed by atoms with van der Waals surface area (Å²) in [5.41, 5.74) is 1.31. The Morgan fingerprint density at radius 3 is 2.52 bits per heavy atom. The van der Waals surface area contributed by atoms with E-state index in [9.17, 15) is 14.3 Å². The van der Waals surface area contributed by atoms with E-state index < -0.39 is 6.10 Å². The fourth-order valence-electron chi connectivity index (χ4n) is 3.02. The minimum absolute atomic E-state index is 0.0205. The largest absolute Gasteiger partial charge is 0.388 e. The Bertz CT molecular complexity index is 652. The van der Waals surface area contributed by atoms with E-state index in [1.54, 1.807) is 41.6 Å². The Kier molecular flexibility index (Phi) is 4.67. The van der Waals surface area contributed by atoms with Crippen LogP contribution in [0.5, 0.6) is 0 Å². The molecule has 5 heteroatoms. The average Bonchev–Trinajstić information content (AvgIpc) is 2.62. The number of nitrogens with zero attached hydrogens (tertiary/aromatic N) is 2. The van der Waals surface area contributed by atoms with Crippen molar-refractivity contribution >= 4 is 5.91 Å². The standard InChI is InChI=1S/C18H19FN2O2/c19-16-5-3-13(4-6-16)17(22)14-7-10-21(11-8-14)18(23)15-2-1-9-20-12-15/h1-6,9,12,14,17,22H,7-8,10-11H2. The molecule has 1 aliphatic rings. The number of amides is 1. The molecule has 120 valence electrons. The van der Waals surface area contributed by atoms with E-state index in [-0.39, 0.29) is 17.6 Å². The number of hydrogen-bond acceptors (Lipinski definition) is 3. The summed E-state index contributed by atoms with van der Waals surface area (Å²) in [5, 5.41) is 10.4. The number of aliphatic hydroxyl groups is 1. The highest BCUT2D eigenvalue weighted by molar-refractivity contribution is 5.93. The molecule has 1 atom stereocenters. The van der Waals surface area contributed by atoms with Gasteiger partial charge in [-0.25, -0.2) is 4.39 Å². The highest BCUT2D eigenvalue weighted by Crippen LogP contribution is 2.31. The molecule has 1 aromatic carbocycles. The van der Waals surface area contributed by atoms with Gasteiger partial charge in [-0.15, -0.1) is 0 Å². The van der Waals surface area contributed by atoms with Crippen molar-refractivity contribution in [3.8, 4) is 0 Å². The number of carbonyl (C=O) groups excluding carboxylic acids is 1. The molecule has 1 amide bonds. The van der Waals surface area contributed by atoms with Crippen LogP contribution < -0.4 is 0 Å². The summed E-state index contributed by atoms with van der Waals surface area (Å²) in [5.74, 6) is -0.246. The minimum atomic E-state index is -0.619. The lowest BCUT2D eigenvalue weighted by atomic mass is 9.87. The molecule has 1 N–H and O–H groups in total. The van der Waals surface area contributed by atoms with Gasteiger partial charge in [0.05, 0.1) is 11.7 Å². The molecule has 1 aromatic heterocycles. The van der Waals surface area contributed by atoms with Gasteiger partial charge in [-0.1, -0.05) is 12.1 Å².